The SMILES string of the molecule is Cc1cnn(CC2CCCN2CCc2ccncc2)c1. The van der Waals surface area contributed by atoms with Crippen molar-refractivity contribution in [3.05, 3.63) is 48.0 Å². The van der Waals surface area contributed by atoms with Crippen molar-refractivity contribution in [2.75, 3.05) is 13.1 Å². The standard InChI is InChI=1S/C16H22N4/c1-14-11-18-20(12-14)13-16-3-2-9-19(16)10-6-15-4-7-17-8-5-15/h4-5,7-8,11-12,16H,2-3,6,9-10,13H2,1H3. The first-order valence-corrected chi connectivity index (χ1v) is 7.43. The minimum atomic E-state index is 0.635. The van der Waals surface area contributed by atoms with Crippen LogP contribution in [0.15, 0.2) is 36.9 Å². The molecule has 0 amide bonds. The van der Waals surface area contributed by atoms with E-state index in [1.54, 1.807) is 0 Å². The Labute approximate surface area is 120 Å². The number of rotatable bonds is 5. The highest BCUT2D eigenvalue weighted by Gasteiger charge is 2.24. The Bertz CT molecular complexity index is 534. The van der Waals surface area contributed by atoms with Gasteiger partial charge in [0.15, 0.2) is 0 Å². The predicted molar refractivity (Wildman–Crippen MR) is 79.5 cm³/mol. The summed E-state index contributed by atoms with van der Waals surface area (Å²) < 4.78 is 2.09. The van der Waals surface area contributed by atoms with Crippen LogP contribution in [-0.4, -0.2) is 38.8 Å². The van der Waals surface area contributed by atoms with Crippen LogP contribution in [0.2, 0.25) is 0 Å². The Morgan fingerprint density at radius 1 is 1.30 bits per heavy atom. The smallest absolute Gasteiger partial charge is 0.0565 e. The summed E-state index contributed by atoms with van der Waals surface area (Å²) in [5.41, 5.74) is 2.62. The number of hydrogen-bond acceptors (Lipinski definition) is 3. The van der Waals surface area contributed by atoms with E-state index in [9.17, 15) is 0 Å². The molecule has 1 unspecified atom stereocenters. The zero-order chi connectivity index (χ0) is 13.8. The van der Waals surface area contributed by atoms with Gasteiger partial charge in [-0.2, -0.15) is 5.10 Å². The number of aromatic nitrogens is 3. The van der Waals surface area contributed by atoms with Gasteiger partial charge in [-0.05, 0) is 56.0 Å². The van der Waals surface area contributed by atoms with Gasteiger partial charge in [-0.25, -0.2) is 0 Å². The molecule has 0 aromatic carbocycles. The molecule has 0 radical (unpaired) electrons. The van der Waals surface area contributed by atoms with E-state index in [1.165, 1.54) is 30.5 Å². The second-order valence-electron chi connectivity index (χ2n) is 5.68. The lowest BCUT2D eigenvalue weighted by molar-refractivity contribution is 0.229. The van der Waals surface area contributed by atoms with Gasteiger partial charge >= 0.3 is 0 Å². The van der Waals surface area contributed by atoms with Crippen molar-refractivity contribution in [2.24, 2.45) is 0 Å². The third-order valence-corrected chi connectivity index (χ3v) is 4.10. The third kappa shape index (κ3) is 3.25. The molecule has 2 aromatic rings. The highest BCUT2D eigenvalue weighted by atomic mass is 15.3. The lowest BCUT2D eigenvalue weighted by Crippen LogP contribution is -2.34. The van der Waals surface area contributed by atoms with E-state index in [0.717, 1.165) is 19.5 Å². The molecular weight excluding hydrogens is 248 g/mol. The topological polar surface area (TPSA) is 34.0 Å². The summed E-state index contributed by atoms with van der Waals surface area (Å²) in [6.07, 6.45) is 11.5. The van der Waals surface area contributed by atoms with E-state index in [0.29, 0.717) is 6.04 Å². The van der Waals surface area contributed by atoms with Crippen LogP contribution in [0.4, 0.5) is 0 Å². The van der Waals surface area contributed by atoms with E-state index in [4.69, 9.17) is 0 Å². The summed E-state index contributed by atoms with van der Waals surface area (Å²) in [5, 5.41) is 4.41. The van der Waals surface area contributed by atoms with Gasteiger partial charge in [0.05, 0.1) is 12.7 Å². The molecule has 0 bridgehead atoms. The van der Waals surface area contributed by atoms with Crippen LogP contribution >= 0.6 is 0 Å². The molecule has 20 heavy (non-hydrogen) atoms. The Morgan fingerprint density at radius 3 is 2.90 bits per heavy atom. The van der Waals surface area contributed by atoms with Crippen LogP contribution in [0.5, 0.6) is 0 Å². The molecule has 3 heterocycles. The van der Waals surface area contributed by atoms with Crippen molar-refractivity contribution in [1.29, 1.82) is 0 Å². The molecule has 1 aliphatic heterocycles. The average molecular weight is 270 g/mol. The van der Waals surface area contributed by atoms with Crippen molar-refractivity contribution in [1.82, 2.24) is 19.7 Å². The third-order valence-electron chi connectivity index (χ3n) is 4.10. The van der Waals surface area contributed by atoms with E-state index < -0.39 is 0 Å². The number of nitrogens with zero attached hydrogens (tertiary/aromatic N) is 4. The largest absolute Gasteiger partial charge is 0.298 e. The molecule has 0 N–H and O–H groups in total. The van der Waals surface area contributed by atoms with Gasteiger partial charge in [0.25, 0.3) is 0 Å². The van der Waals surface area contributed by atoms with Crippen molar-refractivity contribution in [2.45, 2.75) is 38.8 Å². The van der Waals surface area contributed by atoms with Crippen LogP contribution in [0.25, 0.3) is 0 Å². The average Bonchev–Trinajstić information content (AvgIpc) is 3.07. The number of hydrogen-bond donors (Lipinski definition) is 0. The van der Waals surface area contributed by atoms with E-state index in [-0.39, 0.29) is 0 Å². The molecule has 0 aliphatic carbocycles. The fourth-order valence-corrected chi connectivity index (χ4v) is 3.00. The summed E-state index contributed by atoms with van der Waals surface area (Å²) in [6, 6.07) is 4.86. The fraction of sp³-hybridized carbons (Fsp3) is 0.500. The molecule has 4 heteroatoms. The Kier molecular flexibility index (Phi) is 4.11. The van der Waals surface area contributed by atoms with Gasteiger partial charge in [-0.15, -0.1) is 0 Å². The van der Waals surface area contributed by atoms with Crippen LogP contribution in [0.1, 0.15) is 24.0 Å². The van der Waals surface area contributed by atoms with Crippen LogP contribution in [-0.2, 0) is 13.0 Å². The Hall–Kier alpha value is -1.68. The van der Waals surface area contributed by atoms with Gasteiger partial charge in [-0.3, -0.25) is 14.6 Å². The molecule has 4 nitrogen and oxygen atoms in total. The second-order valence-corrected chi connectivity index (χ2v) is 5.68. The van der Waals surface area contributed by atoms with Crippen LogP contribution in [0, 0.1) is 6.92 Å². The zero-order valence-electron chi connectivity index (χ0n) is 12.1. The van der Waals surface area contributed by atoms with Crippen LogP contribution < -0.4 is 0 Å². The highest BCUT2D eigenvalue weighted by Crippen LogP contribution is 2.19. The summed E-state index contributed by atoms with van der Waals surface area (Å²) in [6.45, 7) is 5.47. The molecule has 3 rings (SSSR count). The highest BCUT2D eigenvalue weighted by molar-refractivity contribution is 5.10. The van der Waals surface area contributed by atoms with Gasteiger partial charge in [0.2, 0.25) is 0 Å². The van der Waals surface area contributed by atoms with Crippen molar-refractivity contribution >= 4 is 0 Å². The maximum absolute atomic E-state index is 4.41. The van der Waals surface area contributed by atoms with Gasteiger partial charge in [0, 0.05) is 31.2 Å². The van der Waals surface area contributed by atoms with Crippen molar-refractivity contribution in [3.8, 4) is 0 Å². The van der Waals surface area contributed by atoms with E-state index >= 15 is 0 Å². The Balaban J connectivity index is 1.55. The minimum Gasteiger partial charge on any atom is -0.298 e. The molecule has 1 atom stereocenters. The molecule has 106 valence electrons. The molecule has 1 fully saturated rings. The van der Waals surface area contributed by atoms with Crippen LogP contribution in [0.3, 0.4) is 0 Å². The first-order valence-electron chi connectivity index (χ1n) is 7.43. The molecule has 1 aliphatic rings. The van der Waals surface area contributed by atoms with E-state index in [2.05, 4.69) is 44.9 Å². The molecule has 0 spiro atoms. The summed E-state index contributed by atoms with van der Waals surface area (Å²) in [7, 11) is 0. The number of pyridine rings is 1. The number of likely N-dealkylation sites (tertiary alicyclic amines) is 1. The lowest BCUT2D eigenvalue weighted by atomic mass is 10.1. The summed E-state index contributed by atoms with van der Waals surface area (Å²) in [5.74, 6) is 0. The minimum absolute atomic E-state index is 0.635. The quantitative estimate of drug-likeness (QED) is 0.836. The lowest BCUT2D eigenvalue weighted by Gasteiger charge is -2.24. The maximum atomic E-state index is 4.41. The fourth-order valence-electron chi connectivity index (χ4n) is 3.00. The molecular formula is C16H22N4. The maximum Gasteiger partial charge on any atom is 0.0565 e. The summed E-state index contributed by atoms with van der Waals surface area (Å²) in [4.78, 5) is 6.68. The number of aryl methyl sites for hydroxylation is 1. The first kappa shape index (κ1) is 13.3. The van der Waals surface area contributed by atoms with Crippen molar-refractivity contribution in [3.63, 3.8) is 0 Å². The summed E-state index contributed by atoms with van der Waals surface area (Å²) >= 11 is 0. The van der Waals surface area contributed by atoms with E-state index in [1.807, 2.05) is 18.6 Å². The first-order chi connectivity index (χ1) is 9.81. The normalized spacial score (nSPS) is 19.6. The predicted octanol–water partition coefficient (Wildman–Crippen LogP) is 2.29. The molecule has 0 saturated carbocycles. The zero-order valence-corrected chi connectivity index (χ0v) is 12.1. The molecule has 1 saturated heterocycles. The second kappa shape index (κ2) is 6.18. The Morgan fingerprint density at radius 2 is 2.15 bits per heavy atom. The van der Waals surface area contributed by atoms with Gasteiger partial charge < -0.3 is 0 Å². The molecule has 2 aromatic heterocycles. The monoisotopic (exact) mass is 270 g/mol. The van der Waals surface area contributed by atoms with Gasteiger partial charge in [-0.1, -0.05) is 0 Å². The van der Waals surface area contributed by atoms with Crippen molar-refractivity contribution < 1.29 is 0 Å². The van der Waals surface area contributed by atoms with Gasteiger partial charge in [0.1, 0.15) is 0 Å².